The van der Waals surface area contributed by atoms with E-state index in [-0.39, 0.29) is 18.1 Å². The first-order chi connectivity index (χ1) is 8.13. The van der Waals surface area contributed by atoms with Crippen LogP contribution in [0.25, 0.3) is 0 Å². The van der Waals surface area contributed by atoms with Crippen LogP contribution in [0, 0.1) is 6.92 Å². The minimum atomic E-state index is -0.0655. The monoisotopic (exact) mass is 270 g/mol. The van der Waals surface area contributed by atoms with Gasteiger partial charge in [-0.05, 0) is 32.2 Å². The molecule has 0 bridgehead atoms. The summed E-state index contributed by atoms with van der Waals surface area (Å²) in [4.78, 5) is 16.6. The average Bonchev–Trinajstić information content (AvgIpc) is 2.83. The lowest BCUT2D eigenvalue weighted by atomic mass is 10.3. The smallest absolute Gasteiger partial charge is 0.241 e. The third-order valence-electron chi connectivity index (χ3n) is 2.94. The van der Waals surface area contributed by atoms with Crippen LogP contribution in [0.2, 0.25) is 0 Å². The molecule has 0 aliphatic carbocycles. The molecule has 1 saturated heterocycles. The van der Waals surface area contributed by atoms with Gasteiger partial charge in [-0.2, -0.15) is 11.8 Å². The molecule has 1 amide bonds. The van der Waals surface area contributed by atoms with Gasteiger partial charge in [0.15, 0.2) is 0 Å². The van der Waals surface area contributed by atoms with Crippen LogP contribution in [0.3, 0.4) is 0 Å². The third-order valence-corrected chi connectivity index (χ3v) is 4.58. The van der Waals surface area contributed by atoms with E-state index < -0.39 is 0 Å². The van der Waals surface area contributed by atoms with Crippen LogP contribution in [0.5, 0.6) is 0 Å². The zero-order valence-electron chi connectivity index (χ0n) is 10.4. The number of hydrogen-bond donors (Lipinski definition) is 1. The van der Waals surface area contributed by atoms with Crippen molar-refractivity contribution in [3.8, 4) is 0 Å². The minimum absolute atomic E-state index is 0.0655. The van der Waals surface area contributed by atoms with Gasteiger partial charge in [0.05, 0.1) is 6.04 Å². The van der Waals surface area contributed by atoms with Gasteiger partial charge in [-0.15, -0.1) is 11.3 Å². The number of hydrogen-bond acceptors (Lipinski definition) is 4. The molecule has 94 valence electrons. The van der Waals surface area contributed by atoms with Crippen LogP contribution in [0.1, 0.15) is 22.8 Å². The molecule has 3 nitrogen and oxygen atoms in total. The molecule has 2 heterocycles. The van der Waals surface area contributed by atoms with Crippen molar-refractivity contribution in [1.82, 2.24) is 10.2 Å². The summed E-state index contributed by atoms with van der Waals surface area (Å²) >= 11 is 3.54. The second-order valence-corrected chi connectivity index (χ2v) is 6.57. The number of nitrogens with zero attached hydrogens (tertiary/aromatic N) is 1. The molecule has 1 fully saturated rings. The molecular formula is C12H18N2OS2. The summed E-state index contributed by atoms with van der Waals surface area (Å²) in [6.07, 6.45) is 2.14. The second-order valence-electron chi connectivity index (χ2n) is 4.26. The van der Waals surface area contributed by atoms with E-state index in [0.29, 0.717) is 0 Å². The standard InChI is InChI=1S/C12H18N2OS2/c1-8-4-5-10(17-8)11-13-9(2)12(15)14(11)6-7-16-3/h4-5,9,11,13H,6-7H2,1-3H3. The molecule has 17 heavy (non-hydrogen) atoms. The SMILES string of the molecule is CSCCN1C(=O)C(C)NC1c1ccc(C)s1. The van der Waals surface area contributed by atoms with Gasteiger partial charge in [-0.1, -0.05) is 0 Å². The largest absolute Gasteiger partial charge is 0.320 e. The summed E-state index contributed by atoms with van der Waals surface area (Å²) < 4.78 is 0. The van der Waals surface area contributed by atoms with Gasteiger partial charge in [0.1, 0.15) is 6.17 Å². The van der Waals surface area contributed by atoms with Crippen molar-refractivity contribution in [1.29, 1.82) is 0 Å². The Labute approximate surface area is 111 Å². The lowest BCUT2D eigenvalue weighted by Gasteiger charge is -2.22. The number of thioether (sulfide) groups is 1. The first-order valence-electron chi connectivity index (χ1n) is 5.75. The summed E-state index contributed by atoms with van der Waals surface area (Å²) in [7, 11) is 0. The maximum absolute atomic E-state index is 12.1. The molecule has 0 aromatic carbocycles. The van der Waals surface area contributed by atoms with E-state index in [4.69, 9.17) is 0 Å². The Hall–Kier alpha value is -0.520. The van der Waals surface area contributed by atoms with Crippen molar-refractivity contribution < 1.29 is 4.79 Å². The third kappa shape index (κ3) is 2.67. The summed E-state index contributed by atoms with van der Waals surface area (Å²) in [5, 5.41) is 3.37. The van der Waals surface area contributed by atoms with E-state index in [2.05, 4.69) is 30.6 Å². The highest BCUT2D eigenvalue weighted by molar-refractivity contribution is 7.98. The van der Waals surface area contributed by atoms with Gasteiger partial charge < -0.3 is 4.90 Å². The van der Waals surface area contributed by atoms with Crippen molar-refractivity contribution >= 4 is 29.0 Å². The highest BCUT2D eigenvalue weighted by Gasteiger charge is 2.37. The molecule has 1 aromatic rings. The predicted octanol–water partition coefficient (Wildman–Crippen LogP) is 2.24. The lowest BCUT2D eigenvalue weighted by Crippen LogP contribution is -2.32. The Kier molecular flexibility index (Phi) is 4.12. The van der Waals surface area contributed by atoms with Gasteiger partial charge in [-0.3, -0.25) is 10.1 Å². The first-order valence-corrected chi connectivity index (χ1v) is 7.96. The topological polar surface area (TPSA) is 32.3 Å². The Balaban J connectivity index is 2.16. The Morgan fingerprint density at radius 2 is 2.29 bits per heavy atom. The van der Waals surface area contributed by atoms with Gasteiger partial charge in [0, 0.05) is 22.1 Å². The molecule has 2 atom stereocenters. The van der Waals surface area contributed by atoms with Gasteiger partial charge in [-0.25, -0.2) is 0 Å². The summed E-state index contributed by atoms with van der Waals surface area (Å²) in [5.74, 6) is 1.20. The summed E-state index contributed by atoms with van der Waals surface area (Å²) in [6, 6.07) is 4.17. The molecule has 1 aliphatic heterocycles. The average molecular weight is 270 g/mol. The van der Waals surface area contributed by atoms with Crippen LogP contribution in [0.4, 0.5) is 0 Å². The molecule has 1 aromatic heterocycles. The van der Waals surface area contributed by atoms with Crippen LogP contribution in [0.15, 0.2) is 12.1 Å². The number of aryl methyl sites for hydroxylation is 1. The normalized spacial score (nSPS) is 24.6. The number of rotatable bonds is 4. The molecular weight excluding hydrogens is 252 g/mol. The zero-order valence-corrected chi connectivity index (χ0v) is 12.0. The quantitative estimate of drug-likeness (QED) is 0.910. The Morgan fingerprint density at radius 3 is 2.88 bits per heavy atom. The number of carbonyl (C=O) groups excluding carboxylic acids is 1. The van der Waals surface area contributed by atoms with Crippen molar-refractivity contribution in [3.63, 3.8) is 0 Å². The second kappa shape index (κ2) is 5.42. The van der Waals surface area contributed by atoms with Crippen LogP contribution in [-0.4, -0.2) is 35.4 Å². The van der Waals surface area contributed by atoms with E-state index in [0.717, 1.165) is 12.3 Å². The van der Waals surface area contributed by atoms with Crippen molar-refractivity contribution in [2.75, 3.05) is 18.6 Å². The molecule has 2 rings (SSSR count). The fraction of sp³-hybridized carbons (Fsp3) is 0.583. The maximum atomic E-state index is 12.1. The number of nitrogens with one attached hydrogen (secondary N) is 1. The van der Waals surface area contributed by atoms with Gasteiger partial charge >= 0.3 is 0 Å². The molecule has 1 aliphatic rings. The van der Waals surface area contributed by atoms with E-state index in [1.165, 1.54) is 9.75 Å². The summed E-state index contributed by atoms with van der Waals surface area (Å²) in [5.41, 5.74) is 0. The van der Waals surface area contributed by atoms with Crippen molar-refractivity contribution in [2.24, 2.45) is 0 Å². The minimum Gasteiger partial charge on any atom is -0.320 e. The van der Waals surface area contributed by atoms with Gasteiger partial charge in [0.25, 0.3) is 0 Å². The lowest BCUT2D eigenvalue weighted by molar-refractivity contribution is -0.129. The fourth-order valence-electron chi connectivity index (χ4n) is 2.04. The van der Waals surface area contributed by atoms with Gasteiger partial charge in [0.2, 0.25) is 5.91 Å². The van der Waals surface area contributed by atoms with E-state index >= 15 is 0 Å². The number of thiophene rings is 1. The molecule has 0 radical (unpaired) electrons. The molecule has 5 heteroatoms. The van der Waals surface area contributed by atoms with Crippen LogP contribution < -0.4 is 5.32 Å². The fourth-order valence-corrected chi connectivity index (χ4v) is 3.37. The number of amides is 1. The predicted molar refractivity (Wildman–Crippen MR) is 74.5 cm³/mol. The molecule has 0 spiro atoms. The maximum Gasteiger partial charge on any atom is 0.241 e. The zero-order chi connectivity index (χ0) is 12.4. The van der Waals surface area contributed by atoms with E-state index in [1.807, 2.05) is 11.8 Å². The first kappa shape index (κ1) is 12.9. The Bertz CT molecular complexity index is 405. The van der Waals surface area contributed by atoms with Crippen LogP contribution in [-0.2, 0) is 4.79 Å². The molecule has 1 N–H and O–H groups in total. The van der Waals surface area contributed by atoms with Crippen LogP contribution >= 0.6 is 23.1 Å². The van der Waals surface area contributed by atoms with Crippen molar-refractivity contribution in [3.05, 3.63) is 21.9 Å². The Morgan fingerprint density at radius 1 is 1.53 bits per heavy atom. The van der Waals surface area contributed by atoms with E-state index in [1.54, 1.807) is 23.1 Å². The highest BCUT2D eigenvalue weighted by Crippen LogP contribution is 2.30. The molecule has 0 saturated carbocycles. The molecule has 2 unspecified atom stereocenters. The van der Waals surface area contributed by atoms with E-state index in [9.17, 15) is 4.79 Å². The van der Waals surface area contributed by atoms with Crippen molar-refractivity contribution in [2.45, 2.75) is 26.1 Å². The highest BCUT2D eigenvalue weighted by atomic mass is 32.2. The number of carbonyl (C=O) groups is 1. The summed E-state index contributed by atoms with van der Waals surface area (Å²) in [6.45, 7) is 4.86.